The number of phenolic OH excluding ortho intramolecular Hbond substituents is 1. The summed E-state index contributed by atoms with van der Waals surface area (Å²) in [7, 11) is 1.29. The van der Waals surface area contributed by atoms with Gasteiger partial charge in [0, 0.05) is 12.1 Å². The van der Waals surface area contributed by atoms with E-state index in [0.717, 1.165) is 12.1 Å². The number of carbonyl (C=O) groups is 1. The van der Waals surface area contributed by atoms with Gasteiger partial charge in [0.05, 0.1) is 19.1 Å². The van der Waals surface area contributed by atoms with Crippen molar-refractivity contribution in [2.45, 2.75) is 6.42 Å². The molecule has 2 aromatic rings. The van der Waals surface area contributed by atoms with Crippen molar-refractivity contribution >= 4 is 5.97 Å². The molecule has 0 amide bonds. The normalized spacial score (nSPS) is 10.3. The minimum absolute atomic E-state index is 0.0946. The highest BCUT2D eigenvalue weighted by Gasteiger charge is 2.13. The van der Waals surface area contributed by atoms with Crippen LogP contribution in [0.1, 0.15) is 5.56 Å². The fourth-order valence-corrected chi connectivity index (χ4v) is 1.86. The third kappa shape index (κ3) is 2.93. The first kappa shape index (κ1) is 14.0. The lowest BCUT2D eigenvalue weighted by Gasteiger charge is -2.07. The van der Waals surface area contributed by atoms with Crippen molar-refractivity contribution in [3.63, 3.8) is 0 Å². The summed E-state index contributed by atoms with van der Waals surface area (Å²) in [6.45, 7) is 0. The Morgan fingerprint density at radius 2 is 1.70 bits per heavy atom. The van der Waals surface area contributed by atoms with Gasteiger partial charge in [-0.1, -0.05) is 24.3 Å². The molecule has 0 aliphatic rings. The van der Waals surface area contributed by atoms with E-state index in [2.05, 4.69) is 4.74 Å². The van der Waals surface area contributed by atoms with E-state index in [1.807, 2.05) is 0 Å². The Kier molecular flexibility index (Phi) is 3.98. The Morgan fingerprint density at radius 3 is 2.20 bits per heavy atom. The predicted octanol–water partition coefficient (Wildman–Crippen LogP) is 3.05. The van der Waals surface area contributed by atoms with Crippen molar-refractivity contribution in [1.29, 1.82) is 0 Å². The maximum Gasteiger partial charge on any atom is 0.309 e. The summed E-state index contributed by atoms with van der Waals surface area (Å²) >= 11 is 0. The highest BCUT2D eigenvalue weighted by molar-refractivity contribution is 5.73. The van der Waals surface area contributed by atoms with Crippen LogP contribution in [0.25, 0.3) is 11.1 Å². The molecular formula is C15H12F2O3. The Hall–Kier alpha value is -2.43. The molecule has 0 atom stereocenters. The molecular weight excluding hydrogens is 266 g/mol. The molecule has 2 aromatic carbocycles. The van der Waals surface area contributed by atoms with E-state index < -0.39 is 17.4 Å². The molecule has 0 bridgehead atoms. The number of esters is 1. The monoisotopic (exact) mass is 278 g/mol. The number of benzene rings is 2. The lowest BCUT2D eigenvalue weighted by Crippen LogP contribution is -2.04. The second kappa shape index (κ2) is 5.69. The van der Waals surface area contributed by atoms with Crippen LogP contribution in [0.5, 0.6) is 5.75 Å². The molecule has 0 radical (unpaired) electrons. The second-order valence-corrected chi connectivity index (χ2v) is 4.23. The fraction of sp³-hybridized carbons (Fsp3) is 0.133. The number of methoxy groups -OCH3 is 1. The first-order valence-corrected chi connectivity index (χ1v) is 5.85. The molecule has 0 saturated heterocycles. The average molecular weight is 278 g/mol. The topological polar surface area (TPSA) is 46.5 Å². The van der Waals surface area contributed by atoms with Crippen molar-refractivity contribution in [2.75, 3.05) is 7.11 Å². The van der Waals surface area contributed by atoms with Gasteiger partial charge in [0.25, 0.3) is 0 Å². The van der Waals surface area contributed by atoms with E-state index in [0.29, 0.717) is 11.1 Å². The maximum absolute atomic E-state index is 13.7. The third-order valence-corrected chi connectivity index (χ3v) is 2.85. The van der Waals surface area contributed by atoms with Crippen molar-refractivity contribution in [1.82, 2.24) is 0 Å². The molecule has 0 fully saturated rings. The molecule has 3 nitrogen and oxygen atoms in total. The van der Waals surface area contributed by atoms with Crippen molar-refractivity contribution in [3.05, 3.63) is 53.6 Å². The minimum Gasteiger partial charge on any atom is -0.508 e. The number of hydrogen-bond acceptors (Lipinski definition) is 3. The van der Waals surface area contributed by atoms with Gasteiger partial charge in [-0.15, -0.1) is 0 Å². The first-order chi connectivity index (χ1) is 9.51. The Labute approximate surface area is 114 Å². The second-order valence-electron chi connectivity index (χ2n) is 4.23. The highest BCUT2D eigenvalue weighted by Crippen LogP contribution is 2.29. The molecule has 1 N–H and O–H groups in total. The van der Waals surface area contributed by atoms with E-state index in [-0.39, 0.29) is 18.0 Å². The van der Waals surface area contributed by atoms with E-state index in [4.69, 9.17) is 5.11 Å². The van der Waals surface area contributed by atoms with Gasteiger partial charge >= 0.3 is 5.97 Å². The van der Waals surface area contributed by atoms with E-state index in [1.54, 1.807) is 12.1 Å². The van der Waals surface area contributed by atoms with Crippen molar-refractivity contribution in [3.8, 4) is 16.9 Å². The number of carbonyl (C=O) groups excluding carboxylic acids is 1. The zero-order chi connectivity index (χ0) is 14.7. The summed E-state index contributed by atoms with van der Waals surface area (Å²) < 4.78 is 31.9. The molecule has 0 aromatic heterocycles. The van der Waals surface area contributed by atoms with Gasteiger partial charge in [0.1, 0.15) is 17.4 Å². The van der Waals surface area contributed by atoms with Gasteiger partial charge in [-0.05, 0) is 11.1 Å². The van der Waals surface area contributed by atoms with Crippen LogP contribution in [-0.2, 0) is 16.0 Å². The predicted molar refractivity (Wildman–Crippen MR) is 69.2 cm³/mol. The first-order valence-electron chi connectivity index (χ1n) is 5.85. The van der Waals surface area contributed by atoms with E-state index >= 15 is 0 Å². The molecule has 104 valence electrons. The summed E-state index contributed by atoms with van der Waals surface area (Å²) in [5.74, 6) is -2.54. The highest BCUT2D eigenvalue weighted by atomic mass is 19.1. The molecule has 0 aliphatic carbocycles. The molecule has 0 saturated carbocycles. The number of rotatable bonds is 3. The SMILES string of the molecule is COC(=O)Cc1ccc(-c2c(F)cc(O)cc2F)cc1. The summed E-state index contributed by atoms with van der Waals surface area (Å²) in [6.07, 6.45) is 0.0946. The van der Waals surface area contributed by atoms with Gasteiger partial charge in [0.15, 0.2) is 0 Å². The summed E-state index contributed by atoms with van der Waals surface area (Å²) in [5, 5.41) is 9.10. The van der Waals surface area contributed by atoms with Gasteiger partial charge in [-0.2, -0.15) is 0 Å². The van der Waals surface area contributed by atoms with Crippen LogP contribution in [0.3, 0.4) is 0 Å². The van der Waals surface area contributed by atoms with Crippen LogP contribution >= 0.6 is 0 Å². The average Bonchev–Trinajstić information content (AvgIpc) is 2.39. The van der Waals surface area contributed by atoms with Gasteiger partial charge in [-0.25, -0.2) is 8.78 Å². The van der Waals surface area contributed by atoms with Crippen LogP contribution in [0.2, 0.25) is 0 Å². The number of hydrogen-bond donors (Lipinski definition) is 1. The van der Waals surface area contributed by atoms with Crippen LogP contribution in [-0.4, -0.2) is 18.2 Å². The zero-order valence-electron chi connectivity index (χ0n) is 10.7. The third-order valence-electron chi connectivity index (χ3n) is 2.85. The number of ether oxygens (including phenoxy) is 1. The fourth-order valence-electron chi connectivity index (χ4n) is 1.86. The minimum atomic E-state index is -0.844. The Bertz CT molecular complexity index is 613. The van der Waals surface area contributed by atoms with Gasteiger partial charge < -0.3 is 9.84 Å². The molecule has 20 heavy (non-hydrogen) atoms. The molecule has 5 heteroatoms. The Balaban J connectivity index is 2.33. The standard InChI is InChI=1S/C15H12F2O3/c1-20-14(19)6-9-2-4-10(5-3-9)15-12(16)7-11(18)8-13(15)17/h2-5,7-8,18H,6H2,1H3. The van der Waals surface area contributed by atoms with Crippen molar-refractivity contribution < 1.29 is 23.4 Å². The van der Waals surface area contributed by atoms with Gasteiger partial charge in [0.2, 0.25) is 0 Å². The smallest absolute Gasteiger partial charge is 0.309 e. The van der Waals surface area contributed by atoms with Crippen LogP contribution in [0.15, 0.2) is 36.4 Å². The summed E-state index contributed by atoms with van der Waals surface area (Å²) in [5.41, 5.74) is 0.793. The van der Waals surface area contributed by atoms with Crippen LogP contribution in [0, 0.1) is 11.6 Å². The van der Waals surface area contributed by atoms with E-state index in [1.165, 1.54) is 19.2 Å². The molecule has 0 spiro atoms. The summed E-state index contributed by atoms with van der Waals surface area (Å²) in [6, 6.07) is 7.91. The maximum atomic E-state index is 13.7. The lowest BCUT2D eigenvalue weighted by molar-refractivity contribution is -0.139. The van der Waals surface area contributed by atoms with Gasteiger partial charge in [-0.3, -0.25) is 4.79 Å². The molecule has 0 unspecified atom stereocenters. The molecule has 2 rings (SSSR count). The lowest BCUT2D eigenvalue weighted by atomic mass is 10.0. The van der Waals surface area contributed by atoms with Crippen LogP contribution < -0.4 is 0 Å². The Morgan fingerprint density at radius 1 is 1.15 bits per heavy atom. The number of phenols is 1. The zero-order valence-corrected chi connectivity index (χ0v) is 10.7. The van der Waals surface area contributed by atoms with E-state index in [9.17, 15) is 13.6 Å². The largest absolute Gasteiger partial charge is 0.508 e. The summed E-state index contributed by atoms with van der Waals surface area (Å²) in [4.78, 5) is 11.1. The quantitative estimate of drug-likeness (QED) is 0.878. The van der Waals surface area contributed by atoms with Crippen LogP contribution in [0.4, 0.5) is 8.78 Å². The number of aromatic hydroxyl groups is 1. The molecule has 0 aliphatic heterocycles. The van der Waals surface area contributed by atoms with Crippen molar-refractivity contribution in [2.24, 2.45) is 0 Å². The molecule has 0 heterocycles. The number of halogens is 2.